The Bertz CT molecular complexity index is 1250. The molecule has 0 amide bonds. The van der Waals surface area contributed by atoms with Crippen molar-refractivity contribution in [1.82, 2.24) is 0 Å². The number of carbonyl (C=O) groups is 6. The molecule has 0 radical (unpaired) electrons. The highest BCUT2D eigenvalue weighted by Gasteiger charge is 2.56. The SMILES string of the molecule is CC(=O)OC[C@H]1O[C@@H](O[C@@H]2[C@@H](OC(C)=O)[C@H](OCCc3ccccc3)OC[C@H]2OC(C)=O)[C@H](OC(C)=O)[C@@H](OC(C)=O)[C@H]1OC(C)=O. The Morgan fingerprint density at radius 2 is 1.17 bits per heavy atom. The monoisotopic (exact) mass is 668 g/mol. The summed E-state index contributed by atoms with van der Waals surface area (Å²) in [5.41, 5.74) is 0.968. The molecule has 2 saturated heterocycles. The van der Waals surface area contributed by atoms with Crippen molar-refractivity contribution >= 4 is 35.8 Å². The van der Waals surface area contributed by atoms with E-state index in [1.165, 1.54) is 0 Å². The second-order valence-electron chi connectivity index (χ2n) is 10.7. The molecule has 2 fully saturated rings. The Labute approximate surface area is 271 Å². The Morgan fingerprint density at radius 1 is 0.638 bits per heavy atom. The third-order valence-electron chi connectivity index (χ3n) is 6.76. The van der Waals surface area contributed by atoms with Gasteiger partial charge >= 0.3 is 35.8 Å². The summed E-state index contributed by atoms with van der Waals surface area (Å²) in [6.07, 6.45) is -12.2. The smallest absolute Gasteiger partial charge is 0.303 e. The molecule has 1 aromatic carbocycles. The largest absolute Gasteiger partial charge is 0.463 e. The molecule has 0 aliphatic carbocycles. The van der Waals surface area contributed by atoms with Crippen molar-refractivity contribution in [1.29, 1.82) is 0 Å². The summed E-state index contributed by atoms with van der Waals surface area (Å²) in [4.78, 5) is 72.7. The quantitative estimate of drug-likeness (QED) is 0.213. The molecule has 2 heterocycles. The average Bonchev–Trinajstić information content (AvgIpc) is 2.97. The lowest BCUT2D eigenvalue weighted by molar-refractivity contribution is -0.351. The molecular weight excluding hydrogens is 628 g/mol. The molecular formula is C31H40O16. The predicted octanol–water partition coefficient (Wildman–Crippen LogP) is 0.934. The summed E-state index contributed by atoms with van der Waals surface area (Å²) in [5.74, 6) is -4.69. The maximum atomic E-state index is 12.3. The lowest BCUT2D eigenvalue weighted by Crippen LogP contribution is -2.66. The van der Waals surface area contributed by atoms with E-state index in [0.29, 0.717) is 6.42 Å². The summed E-state index contributed by atoms with van der Waals surface area (Å²) in [5, 5.41) is 0. The Hall–Kier alpha value is -4.12. The molecule has 0 aromatic heterocycles. The molecule has 0 N–H and O–H groups in total. The summed E-state index contributed by atoms with van der Waals surface area (Å²) in [7, 11) is 0. The van der Waals surface area contributed by atoms with E-state index in [1.54, 1.807) is 0 Å². The first-order chi connectivity index (χ1) is 22.2. The minimum absolute atomic E-state index is 0.135. The second-order valence-corrected chi connectivity index (χ2v) is 10.7. The second kappa shape index (κ2) is 17.7. The van der Waals surface area contributed by atoms with Crippen molar-refractivity contribution in [2.24, 2.45) is 0 Å². The van der Waals surface area contributed by atoms with Crippen LogP contribution < -0.4 is 0 Å². The third-order valence-corrected chi connectivity index (χ3v) is 6.76. The van der Waals surface area contributed by atoms with Crippen LogP contribution in [0.3, 0.4) is 0 Å². The lowest BCUT2D eigenvalue weighted by atomic mass is 9.97. The minimum atomic E-state index is -1.67. The number of hydrogen-bond donors (Lipinski definition) is 0. The Balaban J connectivity index is 2.01. The molecule has 16 heteroatoms. The van der Waals surface area contributed by atoms with Gasteiger partial charge in [-0.1, -0.05) is 30.3 Å². The fourth-order valence-corrected chi connectivity index (χ4v) is 5.07. The highest BCUT2D eigenvalue weighted by atomic mass is 16.8. The molecule has 47 heavy (non-hydrogen) atoms. The van der Waals surface area contributed by atoms with Crippen LogP contribution in [-0.2, 0) is 82.6 Å². The zero-order valence-corrected chi connectivity index (χ0v) is 26.9. The molecule has 0 spiro atoms. The molecule has 260 valence electrons. The van der Waals surface area contributed by atoms with Crippen LogP contribution >= 0.6 is 0 Å². The maximum absolute atomic E-state index is 12.3. The first kappa shape index (κ1) is 37.3. The standard InChI is InChI=1S/C31H40O16/c1-16(32)39-14-24-25(42-18(3)34)27(43-19(4)35)29(45-21(6)37)31(46-24)47-26-23(41-17(2)33)15-40-30(28(26)44-20(5)36)38-13-12-22-10-8-7-9-11-22/h7-11,23-31H,12-15H2,1-6H3/t23-,24-,25+,26+,27+,28-,29-,30-,31+/m1/s1. The molecule has 0 saturated carbocycles. The molecule has 2 aliphatic rings. The van der Waals surface area contributed by atoms with Gasteiger partial charge in [-0.25, -0.2) is 0 Å². The van der Waals surface area contributed by atoms with Crippen LogP contribution in [0, 0.1) is 0 Å². The van der Waals surface area contributed by atoms with Crippen LogP contribution in [0.4, 0.5) is 0 Å². The topological polar surface area (TPSA) is 195 Å². The van der Waals surface area contributed by atoms with Crippen LogP contribution in [0.1, 0.15) is 47.1 Å². The van der Waals surface area contributed by atoms with Gasteiger partial charge in [-0.2, -0.15) is 0 Å². The van der Waals surface area contributed by atoms with E-state index < -0.39 is 97.7 Å². The van der Waals surface area contributed by atoms with Crippen molar-refractivity contribution in [2.45, 2.75) is 103 Å². The molecule has 3 rings (SSSR count). The highest BCUT2D eigenvalue weighted by Crippen LogP contribution is 2.34. The van der Waals surface area contributed by atoms with Gasteiger partial charge in [0, 0.05) is 41.5 Å². The van der Waals surface area contributed by atoms with Gasteiger partial charge in [0.2, 0.25) is 0 Å². The predicted molar refractivity (Wildman–Crippen MR) is 154 cm³/mol. The highest BCUT2D eigenvalue weighted by molar-refractivity contribution is 5.69. The summed E-state index contributed by atoms with van der Waals surface area (Å²) < 4.78 is 56.5. The van der Waals surface area contributed by atoms with Crippen molar-refractivity contribution in [3.63, 3.8) is 0 Å². The minimum Gasteiger partial charge on any atom is -0.463 e. The van der Waals surface area contributed by atoms with Crippen molar-refractivity contribution in [3.05, 3.63) is 35.9 Å². The van der Waals surface area contributed by atoms with E-state index in [4.69, 9.17) is 47.4 Å². The molecule has 9 atom stereocenters. The first-order valence-corrected chi connectivity index (χ1v) is 14.8. The zero-order valence-electron chi connectivity index (χ0n) is 26.9. The lowest BCUT2D eigenvalue weighted by Gasteiger charge is -2.47. The van der Waals surface area contributed by atoms with E-state index in [2.05, 4.69) is 0 Å². The zero-order chi connectivity index (χ0) is 34.7. The number of benzene rings is 1. The number of hydrogen-bond acceptors (Lipinski definition) is 16. The third kappa shape index (κ3) is 11.6. The van der Waals surface area contributed by atoms with Gasteiger partial charge in [0.05, 0.1) is 13.2 Å². The van der Waals surface area contributed by atoms with Gasteiger partial charge in [-0.05, 0) is 12.0 Å². The molecule has 1 aromatic rings. The molecule has 0 bridgehead atoms. The van der Waals surface area contributed by atoms with E-state index in [0.717, 1.165) is 47.1 Å². The summed E-state index contributed by atoms with van der Waals surface area (Å²) >= 11 is 0. The molecule has 2 aliphatic heterocycles. The summed E-state index contributed by atoms with van der Waals surface area (Å²) in [6.45, 7) is 6.02. The van der Waals surface area contributed by atoms with E-state index >= 15 is 0 Å². The maximum Gasteiger partial charge on any atom is 0.303 e. The van der Waals surface area contributed by atoms with Crippen LogP contribution in [0.2, 0.25) is 0 Å². The number of ether oxygens (including phenoxy) is 10. The van der Waals surface area contributed by atoms with Gasteiger partial charge in [0.25, 0.3) is 0 Å². The number of rotatable bonds is 13. The van der Waals surface area contributed by atoms with E-state index in [1.807, 2.05) is 30.3 Å². The van der Waals surface area contributed by atoms with Crippen molar-refractivity contribution < 1.29 is 76.1 Å². The number of carbonyl (C=O) groups excluding carboxylic acids is 6. The van der Waals surface area contributed by atoms with Crippen LogP contribution in [0.5, 0.6) is 0 Å². The Kier molecular flexibility index (Phi) is 14.1. The fourth-order valence-electron chi connectivity index (χ4n) is 5.07. The van der Waals surface area contributed by atoms with E-state index in [-0.39, 0.29) is 13.2 Å². The summed E-state index contributed by atoms with van der Waals surface area (Å²) in [6, 6.07) is 9.42. The van der Waals surface area contributed by atoms with Crippen LogP contribution in [-0.4, -0.2) is 111 Å². The van der Waals surface area contributed by atoms with Gasteiger partial charge < -0.3 is 47.4 Å². The first-order valence-electron chi connectivity index (χ1n) is 14.8. The van der Waals surface area contributed by atoms with Crippen molar-refractivity contribution in [3.8, 4) is 0 Å². The van der Waals surface area contributed by atoms with Gasteiger partial charge in [0.1, 0.15) is 18.8 Å². The van der Waals surface area contributed by atoms with Gasteiger partial charge in [-0.3, -0.25) is 28.8 Å². The van der Waals surface area contributed by atoms with Gasteiger partial charge in [0.15, 0.2) is 43.1 Å². The fraction of sp³-hybridized carbons (Fsp3) is 0.613. The van der Waals surface area contributed by atoms with Crippen LogP contribution in [0.15, 0.2) is 30.3 Å². The van der Waals surface area contributed by atoms with E-state index in [9.17, 15) is 28.8 Å². The van der Waals surface area contributed by atoms with Crippen LogP contribution in [0.25, 0.3) is 0 Å². The van der Waals surface area contributed by atoms with Crippen molar-refractivity contribution in [2.75, 3.05) is 19.8 Å². The molecule has 16 nitrogen and oxygen atoms in total. The molecule has 0 unspecified atom stereocenters. The average molecular weight is 669 g/mol. The normalized spacial score (nSPS) is 28.7. The Morgan fingerprint density at radius 3 is 1.72 bits per heavy atom. The number of esters is 6. The van der Waals surface area contributed by atoms with Gasteiger partial charge in [-0.15, -0.1) is 0 Å².